The number of hydrogen-bond acceptors (Lipinski definition) is 7. The number of urea groups is 1. The molecule has 1 aliphatic rings. The van der Waals surface area contributed by atoms with Gasteiger partial charge in [-0.2, -0.15) is 13.2 Å². The van der Waals surface area contributed by atoms with Crippen molar-refractivity contribution in [2.75, 3.05) is 42.7 Å². The highest BCUT2D eigenvalue weighted by Crippen LogP contribution is 2.38. The number of imidazole rings is 1. The Labute approximate surface area is 228 Å². The molecular weight excluding hydrogens is 525 g/mol. The van der Waals surface area contributed by atoms with Crippen LogP contribution >= 0.6 is 0 Å². The maximum Gasteiger partial charge on any atom is 0.420 e. The van der Waals surface area contributed by atoms with Crippen LogP contribution in [0.5, 0.6) is 5.75 Å². The maximum atomic E-state index is 13.8. The van der Waals surface area contributed by atoms with E-state index in [1.54, 1.807) is 42.2 Å². The number of carbonyl (C=O) groups excluding carboxylic acids is 1. The predicted molar refractivity (Wildman–Crippen MR) is 146 cm³/mol. The Balaban J connectivity index is 1.22. The van der Waals surface area contributed by atoms with Crippen LogP contribution < -0.4 is 26.0 Å². The molecule has 40 heavy (non-hydrogen) atoms. The smallest absolute Gasteiger partial charge is 0.420 e. The van der Waals surface area contributed by atoms with Crippen LogP contribution in [0.25, 0.3) is 16.9 Å². The highest BCUT2D eigenvalue weighted by Gasteiger charge is 2.35. The topological polar surface area (TPSA) is 118 Å². The summed E-state index contributed by atoms with van der Waals surface area (Å²) < 4.78 is 48.6. The number of fused-ring (bicyclic) bond motifs is 1. The molecule has 4 aromatic rings. The SMILES string of the molecule is CNc1ncnc2c1ncn2-c1ccc(NC(=O)Nc2ccc(OCCC3CCNCC3)c(C(F)(F)F)c2)cc1. The number of rotatable bonds is 8. The molecule has 5 rings (SSSR count). The monoisotopic (exact) mass is 554 g/mol. The lowest BCUT2D eigenvalue weighted by molar-refractivity contribution is -0.138. The molecule has 3 heterocycles. The Morgan fingerprint density at radius 1 is 1.05 bits per heavy atom. The number of hydrogen-bond donors (Lipinski definition) is 4. The molecule has 10 nitrogen and oxygen atoms in total. The minimum Gasteiger partial charge on any atom is -0.493 e. The molecule has 0 bridgehead atoms. The normalized spacial score (nSPS) is 14.2. The van der Waals surface area contributed by atoms with Crippen molar-refractivity contribution in [3.8, 4) is 11.4 Å². The molecule has 2 aromatic carbocycles. The van der Waals surface area contributed by atoms with Gasteiger partial charge in [-0.15, -0.1) is 0 Å². The van der Waals surface area contributed by atoms with E-state index in [1.165, 1.54) is 18.5 Å². The number of benzene rings is 2. The number of amides is 2. The van der Waals surface area contributed by atoms with Gasteiger partial charge in [-0.05, 0) is 80.7 Å². The van der Waals surface area contributed by atoms with Crippen molar-refractivity contribution in [1.29, 1.82) is 0 Å². The summed E-state index contributed by atoms with van der Waals surface area (Å²) in [5.74, 6) is 0.792. The Hall–Kier alpha value is -4.39. The molecule has 1 saturated heterocycles. The van der Waals surface area contributed by atoms with Crippen LogP contribution in [0.3, 0.4) is 0 Å². The lowest BCUT2D eigenvalue weighted by Gasteiger charge is -2.23. The first kappa shape index (κ1) is 27.2. The minimum atomic E-state index is -4.63. The average Bonchev–Trinajstić information content (AvgIpc) is 3.38. The Kier molecular flexibility index (Phi) is 8.01. The molecule has 0 unspecified atom stereocenters. The number of nitrogens with zero attached hydrogens (tertiary/aromatic N) is 4. The van der Waals surface area contributed by atoms with Crippen LogP contribution in [-0.4, -0.2) is 52.3 Å². The summed E-state index contributed by atoms with van der Waals surface area (Å²) in [6, 6.07) is 9.69. The van der Waals surface area contributed by atoms with Crippen LogP contribution in [0.2, 0.25) is 0 Å². The molecule has 2 aromatic heterocycles. The van der Waals surface area contributed by atoms with Gasteiger partial charge in [0.15, 0.2) is 17.0 Å². The zero-order valence-corrected chi connectivity index (χ0v) is 21.8. The second kappa shape index (κ2) is 11.8. The summed E-state index contributed by atoms with van der Waals surface area (Å²) in [6.07, 6.45) is 1.10. The first-order valence-corrected chi connectivity index (χ1v) is 12.9. The molecule has 1 aliphatic heterocycles. The van der Waals surface area contributed by atoms with E-state index in [0.717, 1.165) is 37.7 Å². The van der Waals surface area contributed by atoms with E-state index in [4.69, 9.17) is 4.74 Å². The second-order valence-electron chi connectivity index (χ2n) is 9.42. The van der Waals surface area contributed by atoms with E-state index in [-0.39, 0.29) is 18.0 Å². The van der Waals surface area contributed by atoms with Crippen molar-refractivity contribution < 1.29 is 22.7 Å². The number of alkyl halides is 3. The number of halogens is 3. The van der Waals surface area contributed by atoms with Gasteiger partial charge >= 0.3 is 12.2 Å². The fourth-order valence-corrected chi connectivity index (χ4v) is 4.67. The van der Waals surface area contributed by atoms with Gasteiger partial charge in [-0.25, -0.2) is 19.7 Å². The maximum absolute atomic E-state index is 13.8. The Morgan fingerprint density at radius 2 is 1.77 bits per heavy atom. The highest BCUT2D eigenvalue weighted by atomic mass is 19.4. The van der Waals surface area contributed by atoms with E-state index in [1.807, 2.05) is 0 Å². The fraction of sp³-hybridized carbons (Fsp3) is 0.333. The van der Waals surface area contributed by atoms with E-state index in [0.29, 0.717) is 35.0 Å². The van der Waals surface area contributed by atoms with Gasteiger partial charge < -0.3 is 26.0 Å². The quantitative estimate of drug-likeness (QED) is 0.234. The summed E-state index contributed by atoms with van der Waals surface area (Å²) in [6.45, 7) is 2.04. The van der Waals surface area contributed by atoms with Crippen molar-refractivity contribution in [3.05, 3.63) is 60.7 Å². The largest absolute Gasteiger partial charge is 0.493 e. The summed E-state index contributed by atoms with van der Waals surface area (Å²) >= 11 is 0. The van der Waals surface area contributed by atoms with Crippen LogP contribution in [-0.2, 0) is 6.18 Å². The van der Waals surface area contributed by atoms with Gasteiger partial charge in [0.05, 0.1) is 12.2 Å². The van der Waals surface area contributed by atoms with E-state index >= 15 is 0 Å². The molecule has 0 spiro atoms. The molecule has 4 N–H and O–H groups in total. The zero-order chi connectivity index (χ0) is 28.1. The summed E-state index contributed by atoms with van der Waals surface area (Å²) in [5.41, 5.74) is 1.49. The third-order valence-corrected chi connectivity index (χ3v) is 6.76. The molecule has 2 amide bonds. The van der Waals surface area contributed by atoms with Crippen molar-refractivity contribution in [1.82, 2.24) is 24.8 Å². The average molecular weight is 555 g/mol. The van der Waals surface area contributed by atoms with Crippen molar-refractivity contribution in [3.63, 3.8) is 0 Å². The van der Waals surface area contributed by atoms with E-state index in [2.05, 4.69) is 36.2 Å². The number of piperidine rings is 1. The number of ether oxygens (including phenoxy) is 1. The fourth-order valence-electron chi connectivity index (χ4n) is 4.67. The molecule has 0 radical (unpaired) electrons. The van der Waals surface area contributed by atoms with Gasteiger partial charge in [-0.1, -0.05) is 0 Å². The number of anilines is 3. The van der Waals surface area contributed by atoms with Gasteiger partial charge in [0.2, 0.25) is 0 Å². The number of carbonyl (C=O) groups is 1. The van der Waals surface area contributed by atoms with Gasteiger partial charge in [0.1, 0.15) is 18.4 Å². The highest BCUT2D eigenvalue weighted by molar-refractivity contribution is 6.00. The predicted octanol–water partition coefficient (Wildman–Crippen LogP) is 5.29. The van der Waals surface area contributed by atoms with E-state index < -0.39 is 17.8 Å². The lowest BCUT2D eigenvalue weighted by atomic mass is 9.95. The molecular formula is C27H29F3N8O2. The van der Waals surface area contributed by atoms with Crippen LogP contribution in [0.15, 0.2) is 55.1 Å². The van der Waals surface area contributed by atoms with Gasteiger partial charge in [0.25, 0.3) is 0 Å². The minimum absolute atomic E-state index is 0.00272. The third-order valence-electron chi connectivity index (χ3n) is 6.76. The second-order valence-corrected chi connectivity index (χ2v) is 9.42. The van der Waals surface area contributed by atoms with Crippen LogP contribution in [0.1, 0.15) is 24.8 Å². The number of nitrogens with one attached hydrogen (secondary N) is 4. The van der Waals surface area contributed by atoms with Crippen molar-refractivity contribution in [2.45, 2.75) is 25.4 Å². The summed E-state index contributed by atoms with van der Waals surface area (Å²) in [7, 11) is 1.75. The molecule has 0 aliphatic carbocycles. The first-order chi connectivity index (χ1) is 19.3. The van der Waals surface area contributed by atoms with Crippen LogP contribution in [0, 0.1) is 5.92 Å². The molecule has 1 fully saturated rings. The standard InChI is InChI=1S/C27H29F3N8O2/c1-31-24-23-25(34-15-33-24)38(16-35-23)20-5-2-18(3-6-20)36-26(39)37-19-4-7-22(21(14-19)27(28,29)30)40-13-10-17-8-11-32-12-9-17/h2-7,14-17,32H,8-13H2,1H3,(H,31,33,34)(H2,36,37,39). The molecule has 0 atom stereocenters. The van der Waals surface area contributed by atoms with Crippen molar-refractivity contribution in [2.24, 2.45) is 5.92 Å². The first-order valence-electron chi connectivity index (χ1n) is 12.9. The molecule has 13 heteroatoms. The molecule has 210 valence electrons. The van der Waals surface area contributed by atoms with Crippen molar-refractivity contribution >= 4 is 34.4 Å². The third kappa shape index (κ3) is 6.25. The summed E-state index contributed by atoms with van der Waals surface area (Å²) in [5, 5.41) is 11.3. The summed E-state index contributed by atoms with van der Waals surface area (Å²) in [4.78, 5) is 25.3. The van der Waals surface area contributed by atoms with E-state index in [9.17, 15) is 18.0 Å². The van der Waals surface area contributed by atoms with Crippen LogP contribution in [0.4, 0.5) is 35.2 Å². The Bertz CT molecular complexity index is 1470. The van der Waals surface area contributed by atoms with Gasteiger partial charge in [-0.3, -0.25) is 4.57 Å². The lowest BCUT2D eigenvalue weighted by Crippen LogP contribution is -2.28. The van der Waals surface area contributed by atoms with Gasteiger partial charge in [0, 0.05) is 24.1 Å². The molecule has 0 saturated carbocycles. The number of aromatic nitrogens is 4. The zero-order valence-electron chi connectivity index (χ0n) is 21.8. The Morgan fingerprint density at radius 3 is 2.50 bits per heavy atom.